The van der Waals surface area contributed by atoms with E-state index in [9.17, 15) is 83.4 Å². The van der Waals surface area contributed by atoms with Crippen LogP contribution >= 0.6 is 11.8 Å². The Labute approximate surface area is 409 Å². The van der Waals surface area contributed by atoms with Gasteiger partial charge in [0.15, 0.2) is 23.1 Å². The molecule has 2 heterocycles. The number of hydrogen-bond acceptors (Lipinski definition) is 19. The zero-order valence-corrected chi connectivity index (χ0v) is 40.5. The Morgan fingerprint density at radius 2 is 1.10 bits per heavy atom. The molecule has 2 aliphatic heterocycles. The van der Waals surface area contributed by atoms with E-state index < -0.39 is 165 Å². The van der Waals surface area contributed by atoms with Crippen LogP contribution in [0.25, 0.3) is 0 Å². The van der Waals surface area contributed by atoms with Crippen LogP contribution in [0.1, 0.15) is 91.4 Å². The van der Waals surface area contributed by atoms with E-state index >= 15 is 0 Å². The Hall–Kier alpha value is -4.96. The smallest absolute Gasteiger partial charge is 0.315 e. The van der Waals surface area contributed by atoms with E-state index in [2.05, 4.69) is 37.2 Å². The summed E-state index contributed by atoms with van der Waals surface area (Å²) < 4.78 is 0. The van der Waals surface area contributed by atoms with Crippen molar-refractivity contribution in [1.29, 1.82) is 0 Å². The molecular formula is C44H71N7O18S. The Kier molecular flexibility index (Phi) is 27.4. The lowest BCUT2D eigenvalue weighted by Crippen LogP contribution is -2.51. The molecule has 25 nitrogen and oxygen atoms in total. The highest BCUT2D eigenvalue weighted by atomic mass is 32.2. The number of urea groups is 1. The van der Waals surface area contributed by atoms with Crippen LogP contribution in [0.5, 0.6) is 0 Å². The maximum absolute atomic E-state index is 13.3. The van der Waals surface area contributed by atoms with Crippen molar-refractivity contribution in [2.24, 2.45) is 17.8 Å². The van der Waals surface area contributed by atoms with Crippen molar-refractivity contribution in [1.82, 2.24) is 37.2 Å². The zero-order valence-electron chi connectivity index (χ0n) is 39.7. The molecule has 12 unspecified atom stereocenters. The number of aliphatic hydroxyl groups is 7. The molecule has 0 spiro atoms. The molecule has 2 rings (SSSR count). The van der Waals surface area contributed by atoms with Crippen molar-refractivity contribution in [3.05, 3.63) is 0 Å². The Morgan fingerprint density at radius 3 is 1.66 bits per heavy atom. The third-order valence-corrected chi connectivity index (χ3v) is 13.5. The molecule has 2 aliphatic rings. The highest BCUT2D eigenvalue weighted by Crippen LogP contribution is 2.33. The maximum atomic E-state index is 13.3. The number of nitrogens with one attached hydrogen (secondary N) is 7. The molecule has 0 aromatic carbocycles. The predicted molar refractivity (Wildman–Crippen MR) is 247 cm³/mol. The number of fused-ring (bicyclic) bond motifs is 1. The van der Waals surface area contributed by atoms with Crippen LogP contribution in [0.2, 0.25) is 0 Å². The number of ketones is 5. The molecule has 0 bridgehead atoms. The van der Waals surface area contributed by atoms with Crippen LogP contribution in [-0.2, 0) is 47.9 Å². The van der Waals surface area contributed by atoms with Crippen LogP contribution in [0.15, 0.2) is 0 Å². The van der Waals surface area contributed by atoms with Gasteiger partial charge < -0.3 is 73.0 Å². The summed E-state index contributed by atoms with van der Waals surface area (Å²) in [6.07, 6.45) is -2.91. The third kappa shape index (κ3) is 20.4. The Bertz CT molecular complexity index is 1840. The molecule has 12 atom stereocenters. The summed E-state index contributed by atoms with van der Waals surface area (Å²) in [6, 6.07) is -6.65. The molecule has 70 heavy (non-hydrogen) atoms. The molecule has 0 saturated carbocycles. The fraction of sp³-hybridized carbons (Fsp3) is 0.750. The van der Waals surface area contributed by atoms with Crippen molar-refractivity contribution < 1.29 is 88.5 Å². The third-order valence-electron chi connectivity index (χ3n) is 12.0. The average Bonchev–Trinajstić information content (AvgIpc) is 3.89. The summed E-state index contributed by atoms with van der Waals surface area (Å²) in [5.41, 5.74) is 0. The molecular weight excluding hydrogens is 947 g/mol. The maximum Gasteiger partial charge on any atom is 0.315 e. The summed E-state index contributed by atoms with van der Waals surface area (Å²) in [4.78, 5) is 140. The summed E-state index contributed by atoms with van der Waals surface area (Å²) in [6.45, 7) is -0.837. The highest BCUT2D eigenvalue weighted by molar-refractivity contribution is 8.00. The van der Waals surface area contributed by atoms with Gasteiger partial charge in [-0.3, -0.25) is 47.9 Å². The van der Waals surface area contributed by atoms with Gasteiger partial charge in [0.25, 0.3) is 0 Å². The van der Waals surface area contributed by atoms with Gasteiger partial charge in [0, 0.05) is 68.4 Å². The van der Waals surface area contributed by atoms with Crippen LogP contribution in [-0.4, -0.2) is 199 Å². The van der Waals surface area contributed by atoms with Crippen molar-refractivity contribution in [2.75, 3.05) is 45.4 Å². The molecule has 2 fully saturated rings. The number of Topliss-reactive ketones (excluding diaryl/α,β-unsaturated/α-hetero) is 5. The SMILES string of the molecule is CC(CO)NC(=O)CCC(=O)C(CO)NC(=O)CCC(=O)C(CO)NC(=O)C(CO)CC(=O)C(CO)NC(=O)C(CC(=O)C(C)NC(=O)C(CO)CC(=O)CCCCC1SCC2NC(=O)NC21)C(C)O. The molecule has 2 saturated heterocycles. The number of amides is 7. The monoisotopic (exact) mass is 1020 g/mol. The van der Waals surface area contributed by atoms with Gasteiger partial charge >= 0.3 is 6.03 Å². The van der Waals surface area contributed by atoms with Gasteiger partial charge in [0.1, 0.15) is 23.9 Å². The van der Waals surface area contributed by atoms with Crippen molar-refractivity contribution >= 4 is 76.2 Å². The lowest BCUT2D eigenvalue weighted by molar-refractivity contribution is -0.138. The van der Waals surface area contributed by atoms with Gasteiger partial charge in [-0.25, -0.2) is 4.79 Å². The molecule has 0 aromatic heterocycles. The summed E-state index contributed by atoms with van der Waals surface area (Å²) in [5.74, 6) is -11.5. The van der Waals surface area contributed by atoms with Crippen LogP contribution in [0.4, 0.5) is 4.79 Å². The number of aliphatic hydroxyl groups excluding tert-OH is 7. The van der Waals surface area contributed by atoms with Gasteiger partial charge in [-0.2, -0.15) is 11.8 Å². The summed E-state index contributed by atoms with van der Waals surface area (Å²) in [7, 11) is 0. The highest BCUT2D eigenvalue weighted by Gasteiger charge is 2.42. The van der Waals surface area contributed by atoms with E-state index in [1.54, 1.807) is 11.8 Å². The second-order valence-electron chi connectivity index (χ2n) is 17.7. The zero-order chi connectivity index (χ0) is 52.7. The topological polar surface area (TPSA) is 414 Å². The van der Waals surface area contributed by atoms with E-state index in [4.69, 9.17) is 5.11 Å². The first-order chi connectivity index (χ1) is 33.1. The van der Waals surface area contributed by atoms with Crippen molar-refractivity contribution in [2.45, 2.75) is 145 Å². The number of thioether (sulfide) groups is 1. The van der Waals surface area contributed by atoms with Gasteiger partial charge in [-0.15, -0.1) is 0 Å². The fourth-order valence-corrected chi connectivity index (χ4v) is 9.12. The minimum atomic E-state index is -1.72. The lowest BCUT2D eigenvalue weighted by Gasteiger charge is -2.25. The van der Waals surface area contributed by atoms with Crippen molar-refractivity contribution in [3.63, 3.8) is 0 Å². The van der Waals surface area contributed by atoms with Crippen LogP contribution in [0.3, 0.4) is 0 Å². The predicted octanol–water partition coefficient (Wildman–Crippen LogP) is -5.06. The number of unbranched alkanes of at least 4 members (excludes halogenated alkanes) is 1. The number of carbonyl (C=O) groups is 11. The Morgan fingerprint density at radius 1 is 0.571 bits per heavy atom. The first-order valence-corrected chi connectivity index (χ1v) is 24.3. The van der Waals surface area contributed by atoms with Gasteiger partial charge in [0.05, 0.1) is 81.6 Å². The quantitative estimate of drug-likeness (QED) is 0.0206. The molecule has 0 radical (unpaired) electrons. The van der Waals surface area contributed by atoms with Gasteiger partial charge in [-0.1, -0.05) is 6.42 Å². The Balaban J connectivity index is 1.86. The minimum absolute atomic E-state index is 0.0333. The van der Waals surface area contributed by atoms with E-state index in [-0.39, 0.29) is 61.4 Å². The second-order valence-corrected chi connectivity index (χ2v) is 18.9. The number of hydrogen-bond donors (Lipinski definition) is 14. The molecule has 14 N–H and O–H groups in total. The molecule has 0 aliphatic carbocycles. The second kappa shape index (κ2) is 31.4. The lowest BCUT2D eigenvalue weighted by atomic mass is 9.92. The fourth-order valence-electron chi connectivity index (χ4n) is 7.57. The first kappa shape index (κ1) is 61.2. The molecule has 7 amide bonds. The van der Waals surface area contributed by atoms with E-state index in [1.165, 1.54) is 20.8 Å². The van der Waals surface area contributed by atoms with Gasteiger partial charge in [-0.05, 0) is 33.6 Å². The van der Waals surface area contributed by atoms with E-state index in [0.29, 0.717) is 12.8 Å². The molecule has 396 valence electrons. The minimum Gasteiger partial charge on any atom is -0.396 e. The van der Waals surface area contributed by atoms with E-state index in [1.807, 2.05) is 0 Å². The molecule has 26 heteroatoms. The number of rotatable bonds is 36. The summed E-state index contributed by atoms with van der Waals surface area (Å²) >= 11 is 1.75. The number of carbonyl (C=O) groups excluding carboxylic acids is 11. The first-order valence-electron chi connectivity index (χ1n) is 23.3. The van der Waals surface area contributed by atoms with Gasteiger partial charge in [0.2, 0.25) is 29.5 Å². The van der Waals surface area contributed by atoms with Crippen LogP contribution in [0, 0.1) is 17.8 Å². The van der Waals surface area contributed by atoms with Crippen molar-refractivity contribution in [3.8, 4) is 0 Å². The van der Waals surface area contributed by atoms with Crippen LogP contribution < -0.4 is 37.2 Å². The normalized spacial score (nSPS) is 20.0. The molecule has 0 aromatic rings. The standard InChI is InChI=1S/C44H71N7O18S/c1-22(15-52)45-38(64)10-8-33(60)29(18-55)47-39(65)11-9-34(61)30(19-56)48-42(67)26(17-54)13-36(63)31(20-57)49-43(68)28(24(3)58)14-35(62)23(2)46-41(66)25(16-53)12-27(59)6-4-5-7-37-40-32(21-70-37)50-44(69)51-40/h22-26,28-32,37,40,52-58H,4-21H2,1-3H3,(H,45,64)(H,46,66)(H,47,65)(H,48,67)(H,49,68)(H2,50,51,69). The average molecular weight is 1020 g/mol. The largest absolute Gasteiger partial charge is 0.396 e. The van der Waals surface area contributed by atoms with E-state index in [0.717, 1.165) is 12.2 Å². The summed E-state index contributed by atoms with van der Waals surface area (Å²) in [5, 5.41) is 86.1.